The van der Waals surface area contributed by atoms with Gasteiger partial charge < -0.3 is 9.88 Å². The van der Waals surface area contributed by atoms with Gasteiger partial charge in [-0.1, -0.05) is 6.07 Å². The zero-order valence-electron chi connectivity index (χ0n) is 12.7. The fraction of sp³-hybridized carbons (Fsp3) is 0.400. The van der Waals surface area contributed by atoms with Crippen molar-refractivity contribution >= 4 is 11.8 Å². The Morgan fingerprint density at radius 3 is 2.88 bits per heavy atom. The molecule has 1 fully saturated rings. The van der Waals surface area contributed by atoms with Crippen LogP contribution in [-0.2, 0) is 6.18 Å². The fourth-order valence-electron chi connectivity index (χ4n) is 2.76. The maximum absolute atomic E-state index is 12.7. The number of amides is 2. The lowest BCUT2D eigenvalue weighted by atomic mass is 10.0. The number of urea groups is 1. The summed E-state index contributed by atoms with van der Waals surface area (Å²) in [7, 11) is 0. The zero-order chi connectivity index (χ0) is 17.2. The second kappa shape index (κ2) is 6.50. The second-order valence-corrected chi connectivity index (χ2v) is 5.52. The molecule has 0 aromatic carbocycles. The summed E-state index contributed by atoms with van der Waals surface area (Å²) in [4.78, 5) is 24.7. The molecule has 128 valence electrons. The monoisotopic (exact) mass is 339 g/mol. The second-order valence-electron chi connectivity index (χ2n) is 5.52. The van der Waals surface area contributed by atoms with E-state index in [2.05, 4.69) is 20.3 Å². The van der Waals surface area contributed by atoms with Crippen LogP contribution in [0.2, 0.25) is 0 Å². The number of hydrogen-bond donors (Lipinski definition) is 2. The normalized spacial score (nSPS) is 18.5. The summed E-state index contributed by atoms with van der Waals surface area (Å²) in [5.74, 6) is 0.542. The number of nitrogens with zero attached hydrogens (tertiary/aromatic N) is 3. The Kier molecular flexibility index (Phi) is 4.41. The molecule has 0 spiro atoms. The maximum atomic E-state index is 12.7. The molecule has 1 unspecified atom stereocenters. The molecule has 1 atom stereocenters. The van der Waals surface area contributed by atoms with E-state index in [0.717, 1.165) is 25.3 Å². The Balaban J connectivity index is 1.76. The molecule has 1 aliphatic heterocycles. The number of carbonyl (C=O) groups excluding carboxylic acids is 1. The first-order chi connectivity index (χ1) is 11.4. The van der Waals surface area contributed by atoms with Gasteiger partial charge in [0, 0.05) is 18.9 Å². The van der Waals surface area contributed by atoms with Crippen molar-refractivity contribution < 1.29 is 18.0 Å². The summed E-state index contributed by atoms with van der Waals surface area (Å²) in [6.45, 7) is 0.510. The highest BCUT2D eigenvalue weighted by molar-refractivity contribution is 5.88. The summed E-state index contributed by atoms with van der Waals surface area (Å²) >= 11 is 0. The van der Waals surface area contributed by atoms with Crippen LogP contribution in [0.1, 0.15) is 36.8 Å². The van der Waals surface area contributed by atoms with Crippen LogP contribution < -0.4 is 5.32 Å². The van der Waals surface area contributed by atoms with Crippen LogP contribution in [-0.4, -0.2) is 32.4 Å². The predicted molar refractivity (Wildman–Crippen MR) is 80.1 cm³/mol. The molecule has 24 heavy (non-hydrogen) atoms. The highest BCUT2D eigenvalue weighted by Crippen LogP contribution is 2.30. The first-order valence-corrected chi connectivity index (χ1v) is 7.56. The van der Waals surface area contributed by atoms with Crippen molar-refractivity contribution in [2.75, 3.05) is 11.9 Å². The van der Waals surface area contributed by atoms with Gasteiger partial charge in [-0.2, -0.15) is 13.2 Å². The Bertz CT molecular complexity index is 701. The van der Waals surface area contributed by atoms with Crippen molar-refractivity contribution in [2.24, 2.45) is 0 Å². The van der Waals surface area contributed by atoms with E-state index in [1.54, 1.807) is 17.3 Å². The van der Waals surface area contributed by atoms with Gasteiger partial charge in [-0.25, -0.2) is 14.8 Å². The minimum atomic E-state index is -4.55. The van der Waals surface area contributed by atoms with Crippen LogP contribution in [0.25, 0.3) is 0 Å². The van der Waals surface area contributed by atoms with Crippen LogP contribution >= 0.6 is 0 Å². The number of H-pyrrole nitrogens is 1. The predicted octanol–water partition coefficient (Wildman–Crippen LogP) is 3.58. The van der Waals surface area contributed by atoms with E-state index >= 15 is 0 Å². The zero-order valence-corrected chi connectivity index (χ0v) is 12.7. The van der Waals surface area contributed by atoms with Gasteiger partial charge in [0.25, 0.3) is 0 Å². The van der Waals surface area contributed by atoms with Gasteiger partial charge in [0.15, 0.2) is 0 Å². The molecule has 1 aliphatic rings. The molecular weight excluding hydrogens is 323 g/mol. The van der Waals surface area contributed by atoms with Crippen molar-refractivity contribution in [3.8, 4) is 0 Å². The van der Waals surface area contributed by atoms with E-state index in [9.17, 15) is 18.0 Å². The number of aromatic nitrogens is 3. The Morgan fingerprint density at radius 2 is 2.17 bits per heavy atom. The molecule has 3 heterocycles. The molecule has 1 saturated heterocycles. The van der Waals surface area contributed by atoms with E-state index in [0.29, 0.717) is 12.4 Å². The van der Waals surface area contributed by atoms with Crippen molar-refractivity contribution in [2.45, 2.75) is 31.5 Å². The lowest BCUT2D eigenvalue weighted by Crippen LogP contribution is -2.41. The van der Waals surface area contributed by atoms with Gasteiger partial charge in [-0.3, -0.25) is 5.32 Å². The Hall–Kier alpha value is -2.58. The van der Waals surface area contributed by atoms with Crippen LogP contribution in [0.3, 0.4) is 0 Å². The van der Waals surface area contributed by atoms with Gasteiger partial charge in [-0.15, -0.1) is 0 Å². The fourth-order valence-corrected chi connectivity index (χ4v) is 2.76. The largest absolute Gasteiger partial charge is 0.433 e. The molecule has 0 aliphatic carbocycles. The lowest BCUT2D eigenvalue weighted by Gasteiger charge is -2.34. The highest BCUT2D eigenvalue weighted by Gasteiger charge is 2.33. The SMILES string of the molecule is O=C(Nc1cccc(C(F)(F)F)n1)N1CCCCC1c1ncc[nH]1. The number of anilines is 1. The highest BCUT2D eigenvalue weighted by atomic mass is 19.4. The molecule has 2 N–H and O–H groups in total. The number of aromatic amines is 1. The summed E-state index contributed by atoms with van der Waals surface area (Å²) in [6, 6.07) is 2.70. The number of carbonyl (C=O) groups is 1. The van der Waals surface area contributed by atoms with E-state index in [1.165, 1.54) is 12.1 Å². The summed E-state index contributed by atoms with van der Waals surface area (Å²) in [5.41, 5.74) is -1.04. The van der Waals surface area contributed by atoms with Crippen molar-refractivity contribution in [3.63, 3.8) is 0 Å². The summed E-state index contributed by atoms with van der Waals surface area (Å²) in [5, 5.41) is 2.45. The van der Waals surface area contributed by atoms with Gasteiger partial charge in [0.2, 0.25) is 0 Å². The smallest absolute Gasteiger partial charge is 0.347 e. The molecule has 2 aromatic heterocycles. The maximum Gasteiger partial charge on any atom is 0.433 e. The molecule has 6 nitrogen and oxygen atoms in total. The number of rotatable bonds is 2. The van der Waals surface area contributed by atoms with Crippen LogP contribution in [0.5, 0.6) is 0 Å². The molecule has 2 amide bonds. The quantitative estimate of drug-likeness (QED) is 0.878. The van der Waals surface area contributed by atoms with Crippen LogP contribution in [0.15, 0.2) is 30.6 Å². The number of likely N-dealkylation sites (tertiary alicyclic amines) is 1. The minimum absolute atomic E-state index is 0.126. The third-order valence-electron chi connectivity index (χ3n) is 3.87. The number of halogens is 3. The summed E-state index contributed by atoms with van der Waals surface area (Å²) in [6.07, 6.45) is 1.26. The van der Waals surface area contributed by atoms with Crippen molar-refractivity contribution in [3.05, 3.63) is 42.1 Å². The van der Waals surface area contributed by atoms with Gasteiger partial charge in [0.1, 0.15) is 17.3 Å². The minimum Gasteiger partial charge on any atom is -0.347 e. The van der Waals surface area contributed by atoms with E-state index < -0.39 is 17.9 Å². The molecule has 0 bridgehead atoms. The molecular formula is C15H16F3N5O. The summed E-state index contributed by atoms with van der Waals surface area (Å²) < 4.78 is 38.1. The number of pyridine rings is 1. The van der Waals surface area contributed by atoms with E-state index in [-0.39, 0.29) is 11.9 Å². The first-order valence-electron chi connectivity index (χ1n) is 7.56. The van der Waals surface area contributed by atoms with E-state index in [4.69, 9.17) is 0 Å². The van der Waals surface area contributed by atoms with E-state index in [1.807, 2.05) is 0 Å². The number of nitrogens with one attached hydrogen (secondary N) is 2. The molecule has 3 rings (SSSR count). The number of hydrogen-bond acceptors (Lipinski definition) is 3. The Labute approximate surface area is 136 Å². The Morgan fingerprint density at radius 1 is 1.33 bits per heavy atom. The molecule has 0 radical (unpaired) electrons. The van der Waals surface area contributed by atoms with Crippen LogP contribution in [0.4, 0.5) is 23.8 Å². The average molecular weight is 339 g/mol. The number of alkyl halides is 3. The molecule has 2 aromatic rings. The number of piperidine rings is 1. The third kappa shape index (κ3) is 3.50. The van der Waals surface area contributed by atoms with Crippen molar-refractivity contribution in [1.29, 1.82) is 0 Å². The van der Waals surface area contributed by atoms with Crippen LogP contribution in [0, 0.1) is 0 Å². The lowest BCUT2D eigenvalue weighted by molar-refractivity contribution is -0.141. The van der Waals surface area contributed by atoms with Gasteiger partial charge in [-0.05, 0) is 31.4 Å². The van der Waals surface area contributed by atoms with Gasteiger partial charge in [0.05, 0.1) is 6.04 Å². The standard InChI is InChI=1S/C15H16F3N5O/c16-15(17,18)11-5-3-6-12(21-11)22-14(24)23-9-2-1-4-10(23)13-19-7-8-20-13/h3,5-8,10H,1-2,4,9H2,(H,19,20)(H,21,22,24). The van der Waals surface area contributed by atoms with Gasteiger partial charge >= 0.3 is 12.2 Å². The average Bonchev–Trinajstić information content (AvgIpc) is 3.08. The number of imidazole rings is 1. The van der Waals surface area contributed by atoms with Crippen molar-refractivity contribution in [1.82, 2.24) is 19.9 Å². The molecule has 0 saturated carbocycles. The third-order valence-corrected chi connectivity index (χ3v) is 3.87. The first kappa shape index (κ1) is 16.3. The molecule has 9 heteroatoms. The topological polar surface area (TPSA) is 73.9 Å².